The summed E-state index contributed by atoms with van der Waals surface area (Å²) in [4.78, 5) is 19.2. The standard InChI is InChI=1S/C25H28N6O2S/c1-17-8-9-20(15-18(17)2)33-14-13-29-12-6-7-19(29)16-21-22(26)31-24(27-23(21)32)34-25(28-31)30-10-4-3-5-11-30/h6-9,12,15-16,26H,3-5,10-11,13-14H2,1-2H3/b21-16-,26-22?. The molecule has 1 fully saturated rings. The molecule has 5 rings (SSSR count). The molecule has 1 aromatic heterocycles. The van der Waals surface area contributed by atoms with E-state index in [1.165, 1.54) is 34.3 Å². The van der Waals surface area contributed by atoms with Gasteiger partial charge in [-0.1, -0.05) is 6.07 Å². The molecule has 0 atom stereocenters. The third kappa shape index (κ3) is 4.52. The summed E-state index contributed by atoms with van der Waals surface area (Å²) in [5.74, 6) is 0.502. The molecular weight excluding hydrogens is 448 g/mol. The fourth-order valence-corrected chi connectivity index (χ4v) is 5.11. The smallest absolute Gasteiger partial charge is 0.283 e. The Kier molecular flexibility index (Phi) is 6.28. The monoisotopic (exact) mass is 476 g/mol. The van der Waals surface area contributed by atoms with Crippen molar-refractivity contribution in [2.75, 3.05) is 19.7 Å². The maximum atomic E-state index is 12.8. The zero-order valence-electron chi connectivity index (χ0n) is 19.5. The molecule has 0 unspecified atom stereocenters. The fourth-order valence-electron chi connectivity index (χ4n) is 4.17. The molecule has 0 spiro atoms. The first-order valence-electron chi connectivity index (χ1n) is 11.6. The van der Waals surface area contributed by atoms with Crippen LogP contribution in [0.1, 0.15) is 36.1 Å². The summed E-state index contributed by atoms with van der Waals surface area (Å²) in [5.41, 5.74) is 3.50. The van der Waals surface area contributed by atoms with Crippen molar-refractivity contribution in [1.82, 2.24) is 14.5 Å². The minimum absolute atomic E-state index is 0.0636. The largest absolute Gasteiger partial charge is 0.492 e. The molecule has 34 heavy (non-hydrogen) atoms. The van der Waals surface area contributed by atoms with Crippen LogP contribution in [-0.4, -0.2) is 56.3 Å². The van der Waals surface area contributed by atoms with Crippen molar-refractivity contribution < 1.29 is 9.53 Å². The molecule has 2 aromatic rings. The highest BCUT2D eigenvalue weighted by Gasteiger charge is 2.37. The Morgan fingerprint density at radius 3 is 2.74 bits per heavy atom. The normalized spacial score (nSPS) is 19.4. The van der Waals surface area contributed by atoms with Gasteiger partial charge in [0.15, 0.2) is 11.0 Å². The zero-order valence-corrected chi connectivity index (χ0v) is 20.3. The van der Waals surface area contributed by atoms with Crippen molar-refractivity contribution in [3.8, 4) is 5.75 Å². The Morgan fingerprint density at radius 1 is 1.12 bits per heavy atom. The lowest BCUT2D eigenvalue weighted by Gasteiger charge is -2.26. The van der Waals surface area contributed by atoms with Gasteiger partial charge in [-0.05, 0) is 86.3 Å². The van der Waals surface area contributed by atoms with E-state index in [0.717, 1.165) is 42.5 Å². The molecule has 176 valence electrons. The Hall–Kier alpha value is -3.33. The van der Waals surface area contributed by atoms with Gasteiger partial charge in [0.25, 0.3) is 5.91 Å². The average Bonchev–Trinajstić information content (AvgIpc) is 3.46. The lowest BCUT2D eigenvalue weighted by Crippen LogP contribution is -2.35. The molecule has 9 heteroatoms. The molecule has 3 aliphatic heterocycles. The number of carbonyl (C=O) groups is 1. The zero-order chi connectivity index (χ0) is 23.7. The highest BCUT2D eigenvalue weighted by molar-refractivity contribution is 8.26. The van der Waals surface area contributed by atoms with Crippen LogP contribution in [-0.2, 0) is 11.3 Å². The van der Waals surface area contributed by atoms with Crippen molar-refractivity contribution in [2.45, 2.75) is 39.7 Å². The number of hydrogen-bond acceptors (Lipinski definition) is 6. The van der Waals surface area contributed by atoms with Gasteiger partial charge >= 0.3 is 0 Å². The maximum absolute atomic E-state index is 12.8. The number of ether oxygens (including phenoxy) is 1. The number of nitrogens with zero attached hydrogens (tertiary/aromatic N) is 5. The van der Waals surface area contributed by atoms with Crippen LogP contribution < -0.4 is 4.74 Å². The number of hydrazone groups is 1. The van der Waals surface area contributed by atoms with Crippen LogP contribution in [0.4, 0.5) is 0 Å². The molecule has 1 amide bonds. The number of carbonyl (C=O) groups excluding carboxylic acids is 1. The number of amides is 1. The predicted molar refractivity (Wildman–Crippen MR) is 136 cm³/mol. The first kappa shape index (κ1) is 22.5. The highest BCUT2D eigenvalue weighted by atomic mass is 32.2. The lowest BCUT2D eigenvalue weighted by molar-refractivity contribution is -0.114. The molecule has 0 aliphatic carbocycles. The van der Waals surface area contributed by atoms with Gasteiger partial charge < -0.3 is 14.2 Å². The number of rotatable bonds is 5. The molecule has 8 nitrogen and oxygen atoms in total. The van der Waals surface area contributed by atoms with Crippen LogP contribution in [0, 0.1) is 19.3 Å². The Labute approximate surface area is 203 Å². The summed E-state index contributed by atoms with van der Waals surface area (Å²) < 4.78 is 7.93. The summed E-state index contributed by atoms with van der Waals surface area (Å²) in [7, 11) is 0. The number of piperidine rings is 1. The van der Waals surface area contributed by atoms with Gasteiger partial charge in [-0.2, -0.15) is 10.0 Å². The van der Waals surface area contributed by atoms with Crippen LogP contribution in [0.5, 0.6) is 5.75 Å². The van der Waals surface area contributed by atoms with E-state index in [0.29, 0.717) is 18.3 Å². The molecule has 1 aromatic carbocycles. The molecular formula is C25H28N6O2S. The minimum Gasteiger partial charge on any atom is -0.492 e. The summed E-state index contributed by atoms with van der Waals surface area (Å²) >= 11 is 1.37. The Balaban J connectivity index is 1.29. The maximum Gasteiger partial charge on any atom is 0.283 e. The highest BCUT2D eigenvalue weighted by Crippen LogP contribution is 2.30. The van der Waals surface area contributed by atoms with Gasteiger partial charge in [-0.3, -0.25) is 10.2 Å². The Morgan fingerprint density at radius 2 is 1.94 bits per heavy atom. The number of benzene rings is 1. The number of nitrogens with one attached hydrogen (secondary N) is 1. The number of thioether (sulfide) groups is 1. The summed E-state index contributed by atoms with van der Waals surface area (Å²) in [6, 6.07) is 9.92. The van der Waals surface area contributed by atoms with Crippen molar-refractivity contribution in [3.05, 3.63) is 58.9 Å². The van der Waals surface area contributed by atoms with Crippen LogP contribution in [0.2, 0.25) is 0 Å². The van der Waals surface area contributed by atoms with Crippen LogP contribution in [0.25, 0.3) is 6.08 Å². The lowest BCUT2D eigenvalue weighted by atomic mass is 10.1. The molecule has 4 heterocycles. The summed E-state index contributed by atoms with van der Waals surface area (Å²) in [5, 5.41) is 16.0. The second-order valence-corrected chi connectivity index (χ2v) is 9.61. The van der Waals surface area contributed by atoms with Crippen LogP contribution >= 0.6 is 11.8 Å². The number of likely N-dealkylation sites (tertiary alicyclic amines) is 1. The number of fused-ring (bicyclic) bond motifs is 1. The number of amidine groups is 3. The molecule has 0 radical (unpaired) electrons. The molecule has 0 bridgehead atoms. The van der Waals surface area contributed by atoms with E-state index in [9.17, 15) is 4.79 Å². The number of hydrogen-bond donors (Lipinski definition) is 1. The molecule has 0 saturated carbocycles. The molecule has 1 saturated heterocycles. The Bertz CT molecular complexity index is 1220. The third-order valence-electron chi connectivity index (χ3n) is 6.31. The van der Waals surface area contributed by atoms with Gasteiger partial charge in [0, 0.05) is 25.0 Å². The van der Waals surface area contributed by atoms with E-state index < -0.39 is 5.91 Å². The average molecular weight is 477 g/mol. The van der Waals surface area contributed by atoms with Crippen molar-refractivity contribution >= 4 is 39.9 Å². The van der Waals surface area contributed by atoms with Crippen LogP contribution in [0.3, 0.4) is 0 Å². The fraction of sp³-hybridized carbons (Fsp3) is 0.360. The third-order valence-corrected chi connectivity index (χ3v) is 7.28. The summed E-state index contributed by atoms with van der Waals surface area (Å²) in [6.45, 7) is 7.17. The van der Waals surface area contributed by atoms with Gasteiger partial charge in [0.2, 0.25) is 5.17 Å². The minimum atomic E-state index is -0.405. The van der Waals surface area contributed by atoms with E-state index in [1.807, 2.05) is 35.0 Å². The van der Waals surface area contributed by atoms with Gasteiger partial charge in [-0.15, -0.1) is 5.10 Å². The number of aliphatic imine (C=N–C) groups is 1. The van der Waals surface area contributed by atoms with Crippen LogP contribution in [0.15, 0.2) is 52.2 Å². The predicted octanol–water partition coefficient (Wildman–Crippen LogP) is 4.25. The van der Waals surface area contributed by atoms with Crippen molar-refractivity contribution in [2.24, 2.45) is 10.1 Å². The second kappa shape index (κ2) is 9.50. The number of aromatic nitrogens is 1. The molecule has 3 aliphatic rings. The number of aryl methyl sites for hydroxylation is 2. The van der Waals surface area contributed by atoms with Crippen molar-refractivity contribution in [1.29, 1.82) is 5.41 Å². The van der Waals surface area contributed by atoms with Gasteiger partial charge in [0.05, 0.1) is 12.1 Å². The topological polar surface area (TPSA) is 86.3 Å². The first-order valence-corrected chi connectivity index (χ1v) is 12.4. The van der Waals surface area contributed by atoms with E-state index in [2.05, 4.69) is 34.9 Å². The van der Waals surface area contributed by atoms with E-state index in [4.69, 9.17) is 10.1 Å². The van der Waals surface area contributed by atoms with Gasteiger partial charge in [0.1, 0.15) is 12.4 Å². The molecule has 1 N–H and O–H groups in total. The van der Waals surface area contributed by atoms with E-state index in [-0.39, 0.29) is 11.4 Å². The summed E-state index contributed by atoms with van der Waals surface area (Å²) in [6.07, 6.45) is 7.17. The van der Waals surface area contributed by atoms with E-state index in [1.54, 1.807) is 6.08 Å². The quantitative estimate of drug-likeness (QED) is 0.652. The van der Waals surface area contributed by atoms with Gasteiger partial charge in [-0.25, -0.2) is 0 Å². The first-order chi connectivity index (χ1) is 16.5. The van der Waals surface area contributed by atoms with E-state index >= 15 is 0 Å². The second-order valence-electron chi connectivity index (χ2n) is 8.67. The SMILES string of the molecule is Cc1ccc(OCCn2cccc2/C=C2/C(=N)N3N=C(N4CCCCC4)SC3=NC2=O)cc1C. The van der Waals surface area contributed by atoms with Crippen molar-refractivity contribution in [3.63, 3.8) is 0 Å².